The molecule has 1 aliphatic rings. The topological polar surface area (TPSA) is 9.23 Å². The van der Waals surface area contributed by atoms with Gasteiger partial charge in [0.1, 0.15) is 0 Å². The third kappa shape index (κ3) is 1.45. The summed E-state index contributed by atoms with van der Waals surface area (Å²) in [5, 5.41) is 0. The fraction of sp³-hybridized carbons (Fsp3) is 0.556. The molecule has 1 rings (SSSR count). The second-order valence-corrected chi connectivity index (χ2v) is 3.82. The van der Waals surface area contributed by atoms with E-state index in [2.05, 4.69) is 11.3 Å². The van der Waals surface area contributed by atoms with Crippen molar-refractivity contribution in [1.82, 2.24) is 0 Å². The van der Waals surface area contributed by atoms with Crippen LogP contribution in [0.25, 0.3) is 0 Å². The van der Waals surface area contributed by atoms with Gasteiger partial charge in [-0.15, -0.1) is 0 Å². The lowest BCUT2D eigenvalue weighted by Gasteiger charge is -2.56. The highest BCUT2D eigenvalue weighted by Gasteiger charge is 3.01. The first-order valence-corrected chi connectivity index (χ1v) is 4.46. The number of hydrogen-bond donors (Lipinski definition) is 0. The predicted molar refractivity (Wildman–Crippen MR) is 43.8 cm³/mol. The third-order valence-electron chi connectivity index (χ3n) is 2.64. The summed E-state index contributed by atoms with van der Waals surface area (Å²) in [5.41, 5.74) is -6.32. The Morgan fingerprint density at radius 2 is 1.32 bits per heavy atom. The molecule has 19 heavy (non-hydrogen) atoms. The Kier molecular flexibility index (Phi) is 3.16. The van der Waals surface area contributed by atoms with Crippen molar-refractivity contribution >= 4 is 0 Å². The molecule has 2 unspecified atom stereocenters. The highest BCUT2D eigenvalue weighted by molar-refractivity contribution is 5.39. The van der Waals surface area contributed by atoms with E-state index in [1.165, 1.54) is 0 Å². The molecule has 1 nitrogen and oxygen atoms in total. The molecule has 0 aromatic rings. The average molecular weight is 300 g/mol. The highest BCUT2D eigenvalue weighted by Crippen LogP contribution is 2.70. The maximum atomic E-state index is 13.7. The van der Waals surface area contributed by atoms with E-state index >= 15 is 0 Å². The molecule has 1 fully saturated rings. The lowest BCUT2D eigenvalue weighted by molar-refractivity contribution is -0.488. The van der Waals surface area contributed by atoms with Gasteiger partial charge in [0.05, 0.1) is 0 Å². The van der Waals surface area contributed by atoms with Crippen LogP contribution in [0.2, 0.25) is 0 Å². The van der Waals surface area contributed by atoms with Crippen LogP contribution < -0.4 is 0 Å². The summed E-state index contributed by atoms with van der Waals surface area (Å²) in [5.74, 6) is -16.8. The van der Waals surface area contributed by atoms with Crippen molar-refractivity contribution in [2.24, 2.45) is 0 Å². The zero-order chi connectivity index (χ0) is 15.4. The molecule has 10 heteroatoms. The minimum atomic E-state index is -5.86. The van der Waals surface area contributed by atoms with Crippen LogP contribution >= 0.6 is 0 Å². The van der Waals surface area contributed by atoms with E-state index in [0.29, 0.717) is 6.92 Å². The number of rotatable bonds is 3. The van der Waals surface area contributed by atoms with Crippen LogP contribution in [0.15, 0.2) is 24.2 Å². The first-order chi connectivity index (χ1) is 8.27. The largest absolute Gasteiger partial charge is 0.420 e. The Balaban J connectivity index is 3.39. The fourth-order valence-corrected chi connectivity index (χ4v) is 1.61. The van der Waals surface area contributed by atoms with Gasteiger partial charge in [0.2, 0.25) is 0 Å². The molecule has 0 bridgehead atoms. The molecule has 0 saturated heterocycles. The van der Waals surface area contributed by atoms with Crippen molar-refractivity contribution < 1.29 is 44.3 Å². The summed E-state index contributed by atoms with van der Waals surface area (Å²) in [6, 6.07) is -3.22. The molecule has 0 aliphatic heterocycles. The van der Waals surface area contributed by atoms with Gasteiger partial charge in [0.15, 0.2) is 0 Å². The van der Waals surface area contributed by atoms with Gasteiger partial charge in [0.25, 0.3) is 5.67 Å². The van der Waals surface area contributed by atoms with Gasteiger partial charge in [-0.25, -0.2) is 4.39 Å². The normalized spacial score (nSPS) is 35.3. The van der Waals surface area contributed by atoms with Crippen LogP contribution in [0, 0.1) is 0 Å². The molecular formula is C9H5F9O. The lowest BCUT2D eigenvalue weighted by Crippen LogP contribution is -2.86. The first-order valence-electron chi connectivity index (χ1n) is 4.46. The van der Waals surface area contributed by atoms with Crippen molar-refractivity contribution in [3.8, 4) is 0 Å². The molecule has 1 saturated carbocycles. The Labute approximate surface area is 99.9 Å². The van der Waals surface area contributed by atoms with E-state index in [1.807, 2.05) is 0 Å². The van der Waals surface area contributed by atoms with Crippen molar-refractivity contribution in [2.45, 2.75) is 30.3 Å². The molecule has 0 aromatic carbocycles. The van der Waals surface area contributed by atoms with Gasteiger partial charge >= 0.3 is 29.8 Å². The number of alkyl halides is 6. The quantitative estimate of drug-likeness (QED) is 0.429. The van der Waals surface area contributed by atoms with Crippen molar-refractivity contribution in [2.75, 3.05) is 0 Å². The molecule has 0 aromatic heterocycles. The van der Waals surface area contributed by atoms with Crippen LogP contribution in [0.1, 0.15) is 6.92 Å². The number of hydrogen-bond acceptors (Lipinski definition) is 1. The Morgan fingerprint density at radius 1 is 0.895 bits per heavy atom. The van der Waals surface area contributed by atoms with Gasteiger partial charge in [0, 0.05) is 0 Å². The maximum absolute atomic E-state index is 13.7. The zero-order valence-electron chi connectivity index (χ0n) is 9.02. The molecule has 0 amide bonds. The molecule has 0 N–H and O–H groups in total. The Bertz CT molecular complexity index is 453. The van der Waals surface area contributed by atoms with Crippen LogP contribution in [-0.2, 0) is 4.74 Å². The summed E-state index contributed by atoms with van der Waals surface area (Å²) in [6.45, 7) is 2.92. The SMILES string of the molecule is C=C(C)C1(F)C(F)(F)C(F)(F)C1(F)OC(F)=C(F)F. The lowest BCUT2D eigenvalue weighted by atomic mass is 9.65. The molecule has 110 valence electrons. The van der Waals surface area contributed by atoms with Crippen molar-refractivity contribution in [3.05, 3.63) is 24.2 Å². The second kappa shape index (κ2) is 3.83. The van der Waals surface area contributed by atoms with E-state index in [1.54, 1.807) is 0 Å². The minimum Gasteiger partial charge on any atom is -0.420 e. The molecule has 0 heterocycles. The monoisotopic (exact) mass is 300 g/mol. The smallest absolute Gasteiger partial charge is 0.386 e. The van der Waals surface area contributed by atoms with Crippen molar-refractivity contribution in [1.29, 1.82) is 0 Å². The first kappa shape index (κ1) is 15.7. The number of halogens is 9. The van der Waals surface area contributed by atoms with Gasteiger partial charge < -0.3 is 4.74 Å². The second-order valence-electron chi connectivity index (χ2n) is 3.82. The summed E-state index contributed by atoms with van der Waals surface area (Å²) >= 11 is 0. The Hall–Kier alpha value is -1.35. The van der Waals surface area contributed by atoms with Crippen LogP contribution in [0.3, 0.4) is 0 Å². The maximum Gasteiger partial charge on any atom is 0.386 e. The Morgan fingerprint density at radius 3 is 1.63 bits per heavy atom. The van der Waals surface area contributed by atoms with E-state index in [-0.39, 0.29) is 0 Å². The van der Waals surface area contributed by atoms with Gasteiger partial charge in [-0.2, -0.15) is 35.1 Å². The van der Waals surface area contributed by atoms with E-state index in [0.717, 1.165) is 0 Å². The van der Waals surface area contributed by atoms with Crippen LogP contribution in [0.4, 0.5) is 39.5 Å². The van der Waals surface area contributed by atoms with E-state index < -0.39 is 41.0 Å². The van der Waals surface area contributed by atoms with E-state index in [4.69, 9.17) is 0 Å². The van der Waals surface area contributed by atoms with E-state index in [9.17, 15) is 39.5 Å². The highest BCUT2D eigenvalue weighted by atomic mass is 19.3. The summed E-state index contributed by atoms with van der Waals surface area (Å²) < 4.78 is 117. The number of ether oxygens (including phenoxy) is 1. The standard InChI is InChI=1S/C9H5F9O/c1-3(2)6(13)7(14,15)8(16,17)9(6,18)19-5(12)4(10)11/h1H2,2H3. The van der Waals surface area contributed by atoms with Crippen LogP contribution in [-0.4, -0.2) is 23.4 Å². The summed E-state index contributed by atoms with van der Waals surface area (Å²) in [6.07, 6.45) is -3.41. The minimum absolute atomic E-state index is 0.397. The zero-order valence-corrected chi connectivity index (χ0v) is 9.02. The van der Waals surface area contributed by atoms with Crippen molar-refractivity contribution in [3.63, 3.8) is 0 Å². The predicted octanol–water partition coefficient (Wildman–Crippen LogP) is 4.27. The molecular weight excluding hydrogens is 295 g/mol. The summed E-state index contributed by atoms with van der Waals surface area (Å²) in [4.78, 5) is 0. The van der Waals surface area contributed by atoms with Gasteiger partial charge in [-0.05, 0) is 12.5 Å². The molecule has 1 aliphatic carbocycles. The molecule has 2 atom stereocenters. The van der Waals surface area contributed by atoms with Gasteiger partial charge in [-0.3, -0.25) is 0 Å². The average Bonchev–Trinajstić information content (AvgIpc) is 2.25. The van der Waals surface area contributed by atoms with Gasteiger partial charge in [-0.1, -0.05) is 6.58 Å². The third-order valence-corrected chi connectivity index (χ3v) is 2.64. The summed E-state index contributed by atoms with van der Waals surface area (Å²) in [7, 11) is 0. The molecule has 0 spiro atoms. The fourth-order valence-electron chi connectivity index (χ4n) is 1.61. The molecule has 0 radical (unpaired) electrons. The van der Waals surface area contributed by atoms with Crippen LogP contribution in [0.5, 0.6) is 0 Å².